The third-order valence-electron chi connectivity index (χ3n) is 3.85. The fourth-order valence-corrected chi connectivity index (χ4v) is 2.76. The Hall–Kier alpha value is -2.99. The van der Waals surface area contributed by atoms with Crippen LogP contribution >= 0.6 is 11.6 Å². The van der Waals surface area contributed by atoms with Gasteiger partial charge in [-0.2, -0.15) is 0 Å². The van der Waals surface area contributed by atoms with Gasteiger partial charge in [-0.15, -0.1) is 0 Å². The normalized spacial score (nSPS) is 10.8. The number of nitrogens with one attached hydrogen (secondary N) is 1. The van der Waals surface area contributed by atoms with E-state index in [1.807, 2.05) is 0 Å². The Labute approximate surface area is 147 Å². The van der Waals surface area contributed by atoms with Crippen LogP contribution in [-0.2, 0) is 11.2 Å². The van der Waals surface area contributed by atoms with Gasteiger partial charge in [0.15, 0.2) is 11.3 Å². The van der Waals surface area contributed by atoms with Crippen molar-refractivity contribution in [2.24, 2.45) is 0 Å². The number of halogens is 1. The van der Waals surface area contributed by atoms with Crippen LogP contribution < -0.4 is 10.9 Å². The van der Waals surface area contributed by atoms with Crippen LogP contribution in [0, 0.1) is 6.92 Å². The zero-order valence-electron chi connectivity index (χ0n) is 13.2. The van der Waals surface area contributed by atoms with Crippen molar-refractivity contribution in [3.63, 3.8) is 0 Å². The first-order valence-corrected chi connectivity index (χ1v) is 7.77. The number of anilines is 1. The van der Waals surface area contributed by atoms with Crippen LogP contribution in [0.3, 0.4) is 0 Å². The van der Waals surface area contributed by atoms with E-state index in [4.69, 9.17) is 16.0 Å². The molecule has 0 bridgehead atoms. The third kappa shape index (κ3) is 3.29. The zero-order valence-corrected chi connectivity index (χ0v) is 13.9. The number of aromatic hydroxyl groups is 2. The summed E-state index contributed by atoms with van der Waals surface area (Å²) < 4.78 is 5.09. The van der Waals surface area contributed by atoms with Crippen molar-refractivity contribution in [2.75, 3.05) is 5.32 Å². The van der Waals surface area contributed by atoms with E-state index in [1.54, 1.807) is 31.2 Å². The Balaban J connectivity index is 1.95. The minimum atomic E-state index is -0.743. The summed E-state index contributed by atoms with van der Waals surface area (Å²) in [6, 6.07) is 9.46. The number of fused-ring (bicyclic) bond motifs is 1. The molecule has 0 aliphatic carbocycles. The molecule has 1 heterocycles. The van der Waals surface area contributed by atoms with Crippen molar-refractivity contribution >= 4 is 34.2 Å². The first-order chi connectivity index (χ1) is 11.9. The highest BCUT2D eigenvalue weighted by Crippen LogP contribution is 2.34. The van der Waals surface area contributed by atoms with Crippen LogP contribution in [0.4, 0.5) is 5.69 Å². The predicted octanol–water partition coefficient (Wildman–Crippen LogP) is 3.35. The summed E-state index contributed by atoms with van der Waals surface area (Å²) in [6.45, 7) is 1.65. The van der Waals surface area contributed by atoms with Crippen molar-refractivity contribution in [1.29, 1.82) is 0 Å². The van der Waals surface area contributed by atoms with Crippen molar-refractivity contribution < 1.29 is 19.4 Å². The number of amides is 1. The van der Waals surface area contributed by atoms with Gasteiger partial charge >= 0.3 is 5.63 Å². The van der Waals surface area contributed by atoms with Gasteiger partial charge in [-0.25, -0.2) is 4.79 Å². The molecule has 3 rings (SSSR count). The van der Waals surface area contributed by atoms with Crippen LogP contribution in [0.2, 0.25) is 5.02 Å². The molecule has 1 aromatic heterocycles. The molecular formula is C18H14ClNO5. The Bertz CT molecular complexity index is 1040. The maximum Gasteiger partial charge on any atom is 0.340 e. The molecule has 0 atom stereocenters. The van der Waals surface area contributed by atoms with Gasteiger partial charge in [0.25, 0.3) is 0 Å². The Morgan fingerprint density at radius 2 is 2.00 bits per heavy atom. The second kappa shape index (κ2) is 6.49. The molecule has 0 radical (unpaired) electrons. The maximum absolute atomic E-state index is 12.2. The van der Waals surface area contributed by atoms with Crippen molar-refractivity contribution in [3.05, 3.63) is 63.0 Å². The summed E-state index contributed by atoms with van der Waals surface area (Å²) in [4.78, 5) is 24.4. The molecule has 6 nitrogen and oxygen atoms in total. The number of phenolic OH excluding ortho intramolecular Hbond substituents is 2. The smallest absolute Gasteiger partial charge is 0.340 e. The van der Waals surface area contributed by atoms with Gasteiger partial charge in [-0.3, -0.25) is 4.79 Å². The van der Waals surface area contributed by atoms with E-state index in [2.05, 4.69) is 5.32 Å². The molecular weight excluding hydrogens is 346 g/mol. The van der Waals surface area contributed by atoms with E-state index in [0.717, 1.165) is 0 Å². The average Bonchev–Trinajstić information content (AvgIpc) is 2.55. The van der Waals surface area contributed by atoms with Crippen molar-refractivity contribution in [2.45, 2.75) is 13.3 Å². The number of benzene rings is 2. The van der Waals surface area contributed by atoms with Gasteiger partial charge in [0.1, 0.15) is 0 Å². The molecule has 0 saturated heterocycles. The summed E-state index contributed by atoms with van der Waals surface area (Å²) in [5, 5.41) is 22.9. The highest BCUT2D eigenvalue weighted by atomic mass is 35.5. The minimum Gasteiger partial charge on any atom is -0.504 e. The summed E-state index contributed by atoms with van der Waals surface area (Å²) in [5.74, 6) is -1.30. The second-order valence-electron chi connectivity index (χ2n) is 5.54. The van der Waals surface area contributed by atoms with Gasteiger partial charge in [0.2, 0.25) is 11.7 Å². The lowest BCUT2D eigenvalue weighted by molar-refractivity contribution is -0.115. The number of carbonyl (C=O) groups is 1. The van der Waals surface area contributed by atoms with Crippen LogP contribution in [-0.4, -0.2) is 16.1 Å². The monoisotopic (exact) mass is 359 g/mol. The lowest BCUT2D eigenvalue weighted by Crippen LogP contribution is -2.20. The van der Waals surface area contributed by atoms with Crippen LogP contribution in [0.15, 0.2) is 45.6 Å². The Morgan fingerprint density at radius 3 is 2.72 bits per heavy atom. The number of phenols is 2. The molecule has 0 aliphatic rings. The van der Waals surface area contributed by atoms with Gasteiger partial charge in [0, 0.05) is 16.1 Å². The summed E-state index contributed by atoms with van der Waals surface area (Å²) in [6.07, 6.45) is -0.196. The fourth-order valence-electron chi connectivity index (χ4n) is 2.57. The molecule has 7 heteroatoms. The van der Waals surface area contributed by atoms with E-state index in [-0.39, 0.29) is 23.3 Å². The molecule has 128 valence electrons. The van der Waals surface area contributed by atoms with E-state index < -0.39 is 17.3 Å². The van der Waals surface area contributed by atoms with Gasteiger partial charge in [0.05, 0.1) is 12.0 Å². The molecule has 3 aromatic rings. The second-order valence-corrected chi connectivity index (χ2v) is 5.97. The summed E-state index contributed by atoms with van der Waals surface area (Å²) >= 11 is 5.87. The number of rotatable bonds is 3. The number of hydrogen-bond acceptors (Lipinski definition) is 5. The topological polar surface area (TPSA) is 99.8 Å². The SMILES string of the molecule is Cc1c(CC(=O)Nc2cccc(Cl)c2)c(=O)oc2c(O)c(O)ccc12. The lowest BCUT2D eigenvalue weighted by atomic mass is 10.0. The largest absolute Gasteiger partial charge is 0.504 e. The molecule has 0 aliphatic heterocycles. The Kier molecular flexibility index (Phi) is 4.37. The van der Waals surface area contributed by atoms with E-state index in [0.29, 0.717) is 21.7 Å². The standard InChI is InChI=1S/C18H14ClNO5/c1-9-12-5-6-14(21)16(23)17(12)25-18(24)13(9)8-15(22)20-11-4-2-3-10(19)7-11/h2-7,21,23H,8H2,1H3,(H,20,22). The quantitative estimate of drug-likeness (QED) is 0.492. The molecule has 25 heavy (non-hydrogen) atoms. The van der Waals surface area contributed by atoms with Crippen LogP contribution in [0.5, 0.6) is 11.5 Å². The third-order valence-corrected chi connectivity index (χ3v) is 4.09. The van der Waals surface area contributed by atoms with Crippen molar-refractivity contribution in [1.82, 2.24) is 0 Å². The molecule has 0 saturated carbocycles. The molecule has 1 amide bonds. The first-order valence-electron chi connectivity index (χ1n) is 7.39. The van der Waals surface area contributed by atoms with Crippen LogP contribution in [0.1, 0.15) is 11.1 Å². The first kappa shape index (κ1) is 16.9. The van der Waals surface area contributed by atoms with Gasteiger partial charge < -0.3 is 19.9 Å². The number of aryl methyl sites for hydroxylation is 1. The van der Waals surface area contributed by atoms with Crippen molar-refractivity contribution in [3.8, 4) is 11.5 Å². The summed E-state index contributed by atoms with van der Waals surface area (Å²) in [7, 11) is 0. The van der Waals surface area contributed by atoms with E-state index in [1.165, 1.54) is 12.1 Å². The van der Waals surface area contributed by atoms with Crippen LogP contribution in [0.25, 0.3) is 11.0 Å². The molecule has 0 spiro atoms. The summed E-state index contributed by atoms with van der Waals surface area (Å²) in [5.41, 5.74) is 0.344. The predicted molar refractivity (Wildman–Crippen MR) is 94.3 cm³/mol. The molecule has 0 unspecified atom stereocenters. The highest BCUT2D eigenvalue weighted by molar-refractivity contribution is 6.30. The molecule has 2 aromatic carbocycles. The number of hydrogen-bond donors (Lipinski definition) is 3. The molecule has 3 N–H and O–H groups in total. The van der Waals surface area contributed by atoms with Gasteiger partial charge in [-0.05, 0) is 42.8 Å². The van der Waals surface area contributed by atoms with E-state index >= 15 is 0 Å². The maximum atomic E-state index is 12.2. The fraction of sp³-hybridized carbons (Fsp3) is 0.111. The molecule has 0 fully saturated rings. The average molecular weight is 360 g/mol. The Morgan fingerprint density at radius 1 is 1.24 bits per heavy atom. The number of carbonyl (C=O) groups excluding carboxylic acids is 1. The lowest BCUT2D eigenvalue weighted by Gasteiger charge is -2.10. The minimum absolute atomic E-state index is 0.110. The highest BCUT2D eigenvalue weighted by Gasteiger charge is 2.18. The van der Waals surface area contributed by atoms with E-state index in [9.17, 15) is 19.8 Å². The van der Waals surface area contributed by atoms with Gasteiger partial charge in [-0.1, -0.05) is 17.7 Å². The zero-order chi connectivity index (χ0) is 18.1.